The van der Waals surface area contributed by atoms with Gasteiger partial charge in [-0.1, -0.05) is 22.9 Å². The van der Waals surface area contributed by atoms with Crippen LogP contribution >= 0.6 is 15.9 Å². The van der Waals surface area contributed by atoms with E-state index in [-0.39, 0.29) is 5.91 Å². The summed E-state index contributed by atoms with van der Waals surface area (Å²) in [6.07, 6.45) is 3.50. The quantitative estimate of drug-likeness (QED) is 0.582. The largest absolute Gasteiger partial charge is 0.494 e. The Balaban J connectivity index is 2.35. The Morgan fingerprint density at radius 1 is 1.28 bits per heavy atom. The van der Waals surface area contributed by atoms with Gasteiger partial charge in [-0.05, 0) is 43.5 Å². The molecular formula is C14H20BrNO2. The van der Waals surface area contributed by atoms with Crippen LogP contribution in [0.3, 0.4) is 0 Å². The van der Waals surface area contributed by atoms with Crippen molar-refractivity contribution in [2.45, 2.75) is 32.6 Å². The molecule has 0 spiro atoms. The van der Waals surface area contributed by atoms with E-state index in [0.717, 1.165) is 42.6 Å². The van der Waals surface area contributed by atoms with E-state index in [1.165, 1.54) is 0 Å². The van der Waals surface area contributed by atoms with Crippen molar-refractivity contribution in [1.82, 2.24) is 0 Å². The van der Waals surface area contributed by atoms with E-state index in [1.807, 2.05) is 24.3 Å². The minimum absolute atomic E-state index is 0.0678. The first-order chi connectivity index (χ1) is 8.76. The summed E-state index contributed by atoms with van der Waals surface area (Å²) in [7, 11) is 0. The van der Waals surface area contributed by atoms with Crippen LogP contribution in [-0.2, 0) is 4.79 Å². The Morgan fingerprint density at radius 2 is 2.00 bits per heavy atom. The highest BCUT2D eigenvalue weighted by molar-refractivity contribution is 9.09. The molecule has 100 valence electrons. The highest BCUT2D eigenvalue weighted by Gasteiger charge is 2.02. The predicted molar refractivity (Wildman–Crippen MR) is 78.5 cm³/mol. The van der Waals surface area contributed by atoms with Crippen LogP contribution in [0.15, 0.2) is 24.3 Å². The molecule has 0 atom stereocenters. The fourth-order valence-corrected chi connectivity index (χ4v) is 1.85. The lowest BCUT2D eigenvalue weighted by Crippen LogP contribution is -2.11. The van der Waals surface area contributed by atoms with Crippen molar-refractivity contribution in [2.24, 2.45) is 0 Å². The van der Waals surface area contributed by atoms with E-state index in [9.17, 15) is 4.79 Å². The number of amides is 1. The van der Waals surface area contributed by atoms with Crippen molar-refractivity contribution in [3.8, 4) is 5.75 Å². The second-order valence-corrected chi connectivity index (χ2v) is 4.86. The maximum absolute atomic E-state index is 11.6. The molecule has 3 nitrogen and oxygen atoms in total. The molecule has 1 aromatic carbocycles. The van der Waals surface area contributed by atoms with Crippen molar-refractivity contribution in [2.75, 3.05) is 17.3 Å². The summed E-state index contributed by atoms with van der Waals surface area (Å²) >= 11 is 3.35. The first-order valence-electron chi connectivity index (χ1n) is 6.35. The van der Waals surface area contributed by atoms with Crippen molar-refractivity contribution in [3.05, 3.63) is 24.3 Å². The zero-order valence-electron chi connectivity index (χ0n) is 10.7. The van der Waals surface area contributed by atoms with Gasteiger partial charge in [-0.3, -0.25) is 4.79 Å². The predicted octanol–water partition coefficient (Wildman–Crippen LogP) is 3.98. The van der Waals surface area contributed by atoms with Crippen molar-refractivity contribution in [1.29, 1.82) is 0 Å². The van der Waals surface area contributed by atoms with E-state index in [4.69, 9.17) is 4.74 Å². The number of rotatable bonds is 8. The second kappa shape index (κ2) is 8.97. The Hall–Kier alpha value is -1.03. The van der Waals surface area contributed by atoms with Gasteiger partial charge < -0.3 is 10.1 Å². The van der Waals surface area contributed by atoms with Crippen LogP contribution in [0.5, 0.6) is 5.75 Å². The summed E-state index contributed by atoms with van der Waals surface area (Å²) in [4.78, 5) is 11.6. The third-order valence-corrected chi connectivity index (χ3v) is 2.96. The molecule has 4 heteroatoms. The molecule has 0 bridgehead atoms. The Kier molecular flexibility index (Phi) is 7.49. The highest BCUT2D eigenvalue weighted by Crippen LogP contribution is 2.16. The van der Waals surface area contributed by atoms with Crippen LogP contribution in [0.2, 0.25) is 0 Å². The van der Waals surface area contributed by atoms with Gasteiger partial charge in [-0.15, -0.1) is 0 Å². The van der Waals surface area contributed by atoms with E-state index in [2.05, 4.69) is 28.2 Å². The van der Waals surface area contributed by atoms with Gasteiger partial charge in [-0.2, -0.15) is 0 Å². The number of halogens is 1. The van der Waals surface area contributed by atoms with E-state index in [1.54, 1.807) is 0 Å². The molecule has 0 aliphatic rings. The molecule has 1 aromatic rings. The van der Waals surface area contributed by atoms with Crippen LogP contribution < -0.4 is 10.1 Å². The lowest BCUT2D eigenvalue weighted by atomic mass is 10.2. The van der Waals surface area contributed by atoms with Crippen LogP contribution in [0.1, 0.15) is 32.6 Å². The molecule has 0 saturated carbocycles. The van der Waals surface area contributed by atoms with Gasteiger partial charge in [-0.25, -0.2) is 0 Å². The summed E-state index contributed by atoms with van der Waals surface area (Å²) in [6, 6.07) is 7.49. The molecular weight excluding hydrogens is 294 g/mol. The molecule has 1 rings (SSSR count). The fourth-order valence-electron chi connectivity index (χ4n) is 1.46. The Morgan fingerprint density at radius 3 is 2.61 bits per heavy atom. The average Bonchev–Trinajstić information content (AvgIpc) is 2.38. The smallest absolute Gasteiger partial charge is 0.224 e. The maximum atomic E-state index is 11.6. The normalized spacial score (nSPS) is 10.1. The molecule has 0 aromatic heterocycles. The number of benzene rings is 1. The zero-order valence-corrected chi connectivity index (χ0v) is 12.3. The number of anilines is 1. The summed E-state index contributed by atoms with van der Waals surface area (Å²) in [5.41, 5.74) is 0.822. The van der Waals surface area contributed by atoms with Crippen LogP contribution in [0.25, 0.3) is 0 Å². The topological polar surface area (TPSA) is 38.3 Å². The number of carbonyl (C=O) groups excluding carboxylic acids is 1. The minimum atomic E-state index is 0.0678. The summed E-state index contributed by atoms with van der Waals surface area (Å²) < 4.78 is 5.48. The standard InChI is InChI=1S/C14H20BrNO2/c1-2-11-18-13-8-6-12(7-9-13)16-14(17)5-3-4-10-15/h6-9H,2-5,10-11H2,1H3,(H,16,17). The average molecular weight is 314 g/mol. The Labute approximate surface area is 117 Å². The third kappa shape index (κ3) is 6.05. The van der Waals surface area contributed by atoms with Crippen LogP contribution in [0.4, 0.5) is 5.69 Å². The van der Waals surface area contributed by atoms with Crippen molar-refractivity contribution >= 4 is 27.5 Å². The Bertz CT molecular complexity index is 351. The molecule has 0 heterocycles. The third-order valence-electron chi connectivity index (χ3n) is 2.40. The van der Waals surface area contributed by atoms with Gasteiger partial charge in [0.1, 0.15) is 5.75 Å². The number of ether oxygens (including phenoxy) is 1. The van der Waals surface area contributed by atoms with E-state index < -0.39 is 0 Å². The molecule has 1 amide bonds. The summed E-state index contributed by atoms with van der Waals surface area (Å²) in [5, 5.41) is 3.82. The fraction of sp³-hybridized carbons (Fsp3) is 0.500. The summed E-state index contributed by atoms with van der Waals surface area (Å²) in [5.74, 6) is 0.910. The molecule has 0 radical (unpaired) electrons. The second-order valence-electron chi connectivity index (χ2n) is 4.07. The van der Waals surface area contributed by atoms with Crippen LogP contribution in [0, 0.1) is 0 Å². The van der Waals surface area contributed by atoms with Gasteiger partial charge in [0, 0.05) is 17.4 Å². The van der Waals surface area contributed by atoms with E-state index >= 15 is 0 Å². The van der Waals surface area contributed by atoms with Gasteiger partial charge >= 0.3 is 0 Å². The van der Waals surface area contributed by atoms with E-state index in [0.29, 0.717) is 6.42 Å². The SMILES string of the molecule is CCCOc1ccc(NC(=O)CCCCBr)cc1. The molecule has 0 fully saturated rings. The van der Waals surface area contributed by atoms with Crippen molar-refractivity contribution in [3.63, 3.8) is 0 Å². The minimum Gasteiger partial charge on any atom is -0.494 e. The highest BCUT2D eigenvalue weighted by atomic mass is 79.9. The van der Waals surface area contributed by atoms with Gasteiger partial charge in [0.15, 0.2) is 0 Å². The first kappa shape index (κ1) is 15.0. The number of carbonyl (C=O) groups is 1. The van der Waals surface area contributed by atoms with Crippen molar-refractivity contribution < 1.29 is 9.53 Å². The summed E-state index contributed by atoms with van der Waals surface area (Å²) in [6.45, 7) is 2.79. The lowest BCUT2D eigenvalue weighted by molar-refractivity contribution is -0.116. The van der Waals surface area contributed by atoms with Gasteiger partial charge in [0.05, 0.1) is 6.61 Å². The monoisotopic (exact) mass is 313 g/mol. The first-order valence-corrected chi connectivity index (χ1v) is 7.47. The van der Waals surface area contributed by atoms with Crippen LogP contribution in [-0.4, -0.2) is 17.8 Å². The number of unbranched alkanes of at least 4 members (excludes halogenated alkanes) is 1. The molecule has 18 heavy (non-hydrogen) atoms. The zero-order chi connectivity index (χ0) is 13.2. The van der Waals surface area contributed by atoms with Gasteiger partial charge in [0.25, 0.3) is 0 Å². The molecule has 1 N–H and O–H groups in total. The lowest BCUT2D eigenvalue weighted by Gasteiger charge is -2.07. The number of hydrogen-bond donors (Lipinski definition) is 1. The maximum Gasteiger partial charge on any atom is 0.224 e. The molecule has 0 saturated heterocycles. The number of nitrogens with one attached hydrogen (secondary N) is 1. The molecule has 0 aliphatic carbocycles. The molecule has 0 aliphatic heterocycles. The van der Waals surface area contributed by atoms with Gasteiger partial charge in [0.2, 0.25) is 5.91 Å². The number of alkyl halides is 1. The number of hydrogen-bond acceptors (Lipinski definition) is 2. The molecule has 0 unspecified atom stereocenters.